The van der Waals surface area contributed by atoms with Gasteiger partial charge in [0.1, 0.15) is 7.14 Å². The number of nitrogens with zero attached hydrogens (tertiary/aromatic N) is 1. The van der Waals surface area contributed by atoms with Crippen LogP contribution in [-0.2, 0) is 4.57 Å². The molecule has 0 bridgehead atoms. The Morgan fingerprint density at radius 1 is 1.55 bits per heavy atom. The SMILES string of the molecule is CP(C)(=O)c1cnccc1N. The van der Waals surface area contributed by atoms with Crippen LogP contribution in [0.5, 0.6) is 0 Å². The summed E-state index contributed by atoms with van der Waals surface area (Å²) in [5.41, 5.74) is 6.16. The van der Waals surface area contributed by atoms with Crippen LogP contribution in [0.2, 0.25) is 0 Å². The predicted octanol–water partition coefficient (Wildman–Crippen LogP) is 0.912. The summed E-state index contributed by atoms with van der Waals surface area (Å²) in [5, 5.41) is 0.667. The van der Waals surface area contributed by atoms with E-state index in [0.717, 1.165) is 0 Å². The topological polar surface area (TPSA) is 56.0 Å². The standard InChI is InChI=1S/C7H11N2OP/c1-11(2,10)7-5-9-4-3-6(7)8/h3-5H,1-2H3,(H2,8,9). The lowest BCUT2D eigenvalue weighted by molar-refractivity contribution is 0.588. The van der Waals surface area contributed by atoms with E-state index >= 15 is 0 Å². The fourth-order valence-corrected chi connectivity index (χ4v) is 1.89. The molecule has 2 N–H and O–H groups in total. The number of rotatable bonds is 1. The maximum atomic E-state index is 11.5. The van der Waals surface area contributed by atoms with Gasteiger partial charge in [-0.05, 0) is 19.4 Å². The number of nitrogen functional groups attached to an aromatic ring is 1. The van der Waals surface area contributed by atoms with Gasteiger partial charge in [-0.25, -0.2) is 0 Å². The highest BCUT2D eigenvalue weighted by Gasteiger charge is 2.13. The van der Waals surface area contributed by atoms with Gasteiger partial charge in [-0.3, -0.25) is 4.98 Å². The van der Waals surface area contributed by atoms with E-state index in [2.05, 4.69) is 4.98 Å². The van der Waals surface area contributed by atoms with Crippen molar-refractivity contribution >= 4 is 18.1 Å². The van der Waals surface area contributed by atoms with Gasteiger partial charge in [-0.15, -0.1) is 0 Å². The molecule has 60 valence electrons. The Balaban J connectivity index is 3.25. The lowest BCUT2D eigenvalue weighted by Crippen LogP contribution is -2.09. The van der Waals surface area contributed by atoms with Crippen molar-refractivity contribution in [2.24, 2.45) is 0 Å². The highest BCUT2D eigenvalue weighted by Crippen LogP contribution is 2.36. The number of anilines is 1. The Morgan fingerprint density at radius 3 is 2.55 bits per heavy atom. The van der Waals surface area contributed by atoms with Crippen molar-refractivity contribution in [1.29, 1.82) is 0 Å². The van der Waals surface area contributed by atoms with Gasteiger partial charge in [-0.2, -0.15) is 0 Å². The molecule has 0 aliphatic rings. The molecule has 0 unspecified atom stereocenters. The van der Waals surface area contributed by atoms with Crippen molar-refractivity contribution in [1.82, 2.24) is 4.98 Å². The van der Waals surface area contributed by atoms with Gasteiger partial charge in [-0.1, -0.05) is 0 Å². The fourth-order valence-electron chi connectivity index (χ4n) is 0.847. The molecular weight excluding hydrogens is 159 g/mol. The van der Waals surface area contributed by atoms with Crippen LogP contribution in [-0.4, -0.2) is 18.3 Å². The molecule has 1 aromatic heterocycles. The minimum absolute atomic E-state index is 0.563. The third kappa shape index (κ3) is 1.81. The van der Waals surface area contributed by atoms with Crippen LogP contribution in [0.1, 0.15) is 0 Å². The van der Waals surface area contributed by atoms with Crippen LogP contribution in [0, 0.1) is 0 Å². The first-order valence-corrected chi connectivity index (χ1v) is 5.87. The third-order valence-electron chi connectivity index (χ3n) is 1.41. The average molecular weight is 170 g/mol. The molecule has 0 fully saturated rings. The number of hydrogen-bond acceptors (Lipinski definition) is 3. The van der Waals surface area contributed by atoms with Crippen LogP contribution >= 0.6 is 7.14 Å². The molecule has 0 saturated carbocycles. The Hall–Kier alpha value is -0.820. The molecule has 0 aliphatic carbocycles. The molecule has 3 nitrogen and oxygen atoms in total. The van der Waals surface area contributed by atoms with Crippen molar-refractivity contribution in [3.05, 3.63) is 18.5 Å². The molecule has 0 atom stereocenters. The van der Waals surface area contributed by atoms with Crippen molar-refractivity contribution in [2.75, 3.05) is 19.1 Å². The molecule has 0 saturated heterocycles. The second kappa shape index (κ2) is 2.67. The Bertz CT molecular complexity index is 305. The summed E-state index contributed by atoms with van der Waals surface area (Å²) in [4.78, 5) is 3.86. The minimum atomic E-state index is -2.24. The number of aromatic nitrogens is 1. The van der Waals surface area contributed by atoms with Gasteiger partial charge < -0.3 is 10.3 Å². The quantitative estimate of drug-likeness (QED) is 0.637. The van der Waals surface area contributed by atoms with E-state index in [9.17, 15) is 4.57 Å². The van der Waals surface area contributed by atoms with E-state index in [1.54, 1.807) is 31.8 Å². The maximum Gasteiger partial charge on any atom is 0.113 e. The van der Waals surface area contributed by atoms with Crippen molar-refractivity contribution in [3.63, 3.8) is 0 Å². The second-order valence-corrected chi connectivity index (χ2v) is 5.97. The zero-order valence-corrected chi connectivity index (χ0v) is 7.51. The molecule has 11 heavy (non-hydrogen) atoms. The lowest BCUT2D eigenvalue weighted by atomic mass is 10.4. The largest absolute Gasteiger partial charge is 0.398 e. The number of hydrogen-bond donors (Lipinski definition) is 1. The van der Waals surface area contributed by atoms with E-state index in [0.29, 0.717) is 11.0 Å². The molecule has 0 aliphatic heterocycles. The lowest BCUT2D eigenvalue weighted by Gasteiger charge is -2.07. The summed E-state index contributed by atoms with van der Waals surface area (Å²) in [6.07, 6.45) is 3.16. The molecule has 1 rings (SSSR count). The minimum Gasteiger partial charge on any atom is -0.398 e. The molecule has 0 aromatic carbocycles. The third-order valence-corrected chi connectivity index (χ3v) is 2.95. The average Bonchev–Trinajstić information content (AvgIpc) is 1.86. The second-order valence-electron chi connectivity index (χ2n) is 2.79. The van der Waals surface area contributed by atoms with E-state index in [4.69, 9.17) is 5.73 Å². The van der Waals surface area contributed by atoms with Crippen LogP contribution in [0.15, 0.2) is 18.5 Å². The van der Waals surface area contributed by atoms with E-state index < -0.39 is 7.14 Å². The zero-order chi connectivity index (χ0) is 8.48. The Labute approximate surface area is 66.0 Å². The summed E-state index contributed by atoms with van der Waals surface area (Å²) in [6.45, 7) is 3.36. The van der Waals surface area contributed by atoms with E-state index in [-0.39, 0.29) is 0 Å². The molecule has 1 aromatic rings. The van der Waals surface area contributed by atoms with Crippen molar-refractivity contribution < 1.29 is 4.57 Å². The van der Waals surface area contributed by atoms with Gasteiger partial charge in [0.05, 0.1) is 5.30 Å². The van der Waals surface area contributed by atoms with Crippen LogP contribution in [0.4, 0.5) is 5.69 Å². The van der Waals surface area contributed by atoms with E-state index in [1.807, 2.05) is 0 Å². The first kappa shape index (κ1) is 8.28. The summed E-state index contributed by atoms with van der Waals surface area (Å²) in [5.74, 6) is 0. The van der Waals surface area contributed by atoms with Crippen LogP contribution < -0.4 is 11.0 Å². The van der Waals surface area contributed by atoms with Gasteiger partial charge in [0.2, 0.25) is 0 Å². The van der Waals surface area contributed by atoms with Crippen molar-refractivity contribution in [3.8, 4) is 0 Å². The first-order chi connectivity index (χ1) is 5.02. The highest BCUT2D eigenvalue weighted by atomic mass is 31.2. The summed E-state index contributed by atoms with van der Waals surface area (Å²) >= 11 is 0. The normalized spacial score (nSPS) is 11.5. The molecule has 4 heteroatoms. The van der Waals surface area contributed by atoms with Crippen LogP contribution in [0.25, 0.3) is 0 Å². The zero-order valence-electron chi connectivity index (χ0n) is 6.61. The Kier molecular flexibility index (Phi) is 2.01. The summed E-state index contributed by atoms with van der Waals surface area (Å²) in [6, 6.07) is 1.66. The smallest absolute Gasteiger partial charge is 0.113 e. The fraction of sp³-hybridized carbons (Fsp3) is 0.286. The van der Waals surface area contributed by atoms with Crippen LogP contribution in [0.3, 0.4) is 0 Å². The maximum absolute atomic E-state index is 11.5. The van der Waals surface area contributed by atoms with Gasteiger partial charge in [0.25, 0.3) is 0 Å². The molecule has 0 spiro atoms. The molecular formula is C7H11N2OP. The van der Waals surface area contributed by atoms with Gasteiger partial charge >= 0.3 is 0 Å². The van der Waals surface area contributed by atoms with E-state index in [1.165, 1.54) is 0 Å². The van der Waals surface area contributed by atoms with Gasteiger partial charge in [0.15, 0.2) is 0 Å². The number of nitrogens with two attached hydrogens (primary N) is 1. The van der Waals surface area contributed by atoms with Gasteiger partial charge in [0, 0.05) is 18.1 Å². The summed E-state index contributed by atoms with van der Waals surface area (Å²) in [7, 11) is -2.24. The summed E-state index contributed by atoms with van der Waals surface area (Å²) < 4.78 is 11.5. The molecule has 0 radical (unpaired) electrons. The number of pyridine rings is 1. The first-order valence-electron chi connectivity index (χ1n) is 3.27. The highest BCUT2D eigenvalue weighted by molar-refractivity contribution is 7.70. The van der Waals surface area contributed by atoms with Crippen molar-refractivity contribution in [2.45, 2.75) is 0 Å². The molecule has 1 heterocycles. The molecule has 0 amide bonds. The Morgan fingerprint density at radius 2 is 2.18 bits per heavy atom. The monoisotopic (exact) mass is 170 g/mol. The predicted molar refractivity (Wildman–Crippen MR) is 47.7 cm³/mol.